The van der Waals surface area contributed by atoms with Crippen molar-refractivity contribution in [2.75, 3.05) is 18.9 Å². The van der Waals surface area contributed by atoms with Gasteiger partial charge >= 0.3 is 6.03 Å². The summed E-state index contributed by atoms with van der Waals surface area (Å²) in [5, 5.41) is 3.10. The number of para-hydroxylation sites is 1. The van der Waals surface area contributed by atoms with Gasteiger partial charge in [0, 0.05) is 42.2 Å². The van der Waals surface area contributed by atoms with Gasteiger partial charge in [-0.05, 0) is 74.5 Å². The monoisotopic (exact) mass is 419 g/mol. The van der Waals surface area contributed by atoms with Gasteiger partial charge in [-0.2, -0.15) is 0 Å². The second kappa shape index (κ2) is 6.60. The SMILES string of the molecule is CN1C(=O)C=C[C@]2(C)[C@H]3CC[C@]45CN(C(=O)Nc6ccccc6)[C@H]4CC[C@H]5[C@@H]3CC[C@@H]12. The normalized spacial score (nSPS) is 42.8. The highest BCUT2D eigenvalue weighted by Crippen LogP contribution is 2.67. The van der Waals surface area contributed by atoms with Crippen molar-refractivity contribution < 1.29 is 9.59 Å². The third kappa shape index (κ3) is 2.55. The molecule has 0 unspecified atom stereocenters. The lowest BCUT2D eigenvalue weighted by molar-refractivity contribution is -0.150. The highest BCUT2D eigenvalue weighted by molar-refractivity contribution is 5.90. The molecule has 164 valence electrons. The third-order valence-corrected chi connectivity index (χ3v) is 9.93. The standard InChI is InChI=1S/C26H33N3O2/c1-25-14-13-23(30)28(2)21(25)10-8-18-19(25)12-15-26-16-29(22(26)11-9-20(18)26)24(31)27-17-6-4-3-5-7-17/h3-7,13-14,18-22H,8-12,15-16H2,1-2H3,(H,27,31)/t18-,19+,20+,21-,22+,25-,26-/m1/s1. The third-order valence-electron chi connectivity index (χ3n) is 9.93. The predicted molar refractivity (Wildman–Crippen MR) is 120 cm³/mol. The Hall–Kier alpha value is -2.30. The zero-order valence-corrected chi connectivity index (χ0v) is 18.6. The number of benzene rings is 1. The Morgan fingerprint density at radius 1 is 1.03 bits per heavy atom. The molecular weight excluding hydrogens is 386 g/mol. The Labute approximate surface area is 184 Å². The van der Waals surface area contributed by atoms with E-state index in [1.807, 2.05) is 48.4 Å². The van der Waals surface area contributed by atoms with Gasteiger partial charge < -0.3 is 15.1 Å². The summed E-state index contributed by atoms with van der Waals surface area (Å²) in [6, 6.07) is 10.6. The van der Waals surface area contributed by atoms with Crippen LogP contribution in [0.3, 0.4) is 0 Å². The van der Waals surface area contributed by atoms with E-state index in [4.69, 9.17) is 0 Å². The Morgan fingerprint density at radius 2 is 1.81 bits per heavy atom. The van der Waals surface area contributed by atoms with Gasteiger partial charge in [0.1, 0.15) is 0 Å². The quantitative estimate of drug-likeness (QED) is 0.728. The van der Waals surface area contributed by atoms with Gasteiger partial charge in [-0.15, -0.1) is 0 Å². The molecule has 2 heterocycles. The fourth-order valence-corrected chi connectivity index (χ4v) is 8.53. The van der Waals surface area contributed by atoms with E-state index in [1.54, 1.807) is 0 Å². The number of amides is 3. The highest BCUT2D eigenvalue weighted by atomic mass is 16.2. The second-order valence-electron chi connectivity index (χ2n) is 10.9. The van der Waals surface area contributed by atoms with Crippen LogP contribution in [0.1, 0.15) is 45.4 Å². The summed E-state index contributed by atoms with van der Waals surface area (Å²) in [5.74, 6) is 2.27. The van der Waals surface area contributed by atoms with E-state index >= 15 is 0 Å². The molecule has 1 spiro atoms. The first-order valence-corrected chi connectivity index (χ1v) is 12.0. The van der Waals surface area contributed by atoms with Crippen LogP contribution in [-0.4, -0.2) is 47.4 Å². The van der Waals surface area contributed by atoms with Crippen LogP contribution in [0.4, 0.5) is 10.5 Å². The number of urea groups is 1. The smallest absolute Gasteiger partial charge is 0.322 e. The number of fused-ring (bicyclic) bond motifs is 4. The van der Waals surface area contributed by atoms with Crippen molar-refractivity contribution in [3.05, 3.63) is 42.5 Å². The lowest BCUT2D eigenvalue weighted by Crippen LogP contribution is -2.70. The number of hydrogen-bond donors (Lipinski definition) is 1. The molecule has 1 N–H and O–H groups in total. The molecule has 0 radical (unpaired) electrons. The molecule has 3 aliphatic carbocycles. The van der Waals surface area contributed by atoms with Crippen molar-refractivity contribution >= 4 is 17.6 Å². The van der Waals surface area contributed by atoms with Crippen molar-refractivity contribution in [1.29, 1.82) is 0 Å². The topological polar surface area (TPSA) is 52.7 Å². The predicted octanol–water partition coefficient (Wildman–Crippen LogP) is 4.52. The maximum Gasteiger partial charge on any atom is 0.322 e. The first-order valence-electron chi connectivity index (χ1n) is 12.0. The van der Waals surface area contributed by atoms with Crippen LogP contribution in [-0.2, 0) is 4.79 Å². The molecule has 7 atom stereocenters. The number of likely N-dealkylation sites (tertiary alicyclic amines) is 1. The molecule has 3 amide bonds. The fraction of sp³-hybridized carbons (Fsp3) is 0.615. The molecule has 1 aromatic carbocycles. The summed E-state index contributed by atoms with van der Waals surface area (Å²) in [7, 11) is 1.99. The van der Waals surface area contributed by atoms with Crippen molar-refractivity contribution in [2.24, 2.45) is 28.6 Å². The van der Waals surface area contributed by atoms with Crippen molar-refractivity contribution in [2.45, 2.75) is 57.5 Å². The number of hydrogen-bond acceptors (Lipinski definition) is 2. The Bertz CT molecular complexity index is 945. The Morgan fingerprint density at radius 3 is 2.61 bits per heavy atom. The van der Waals surface area contributed by atoms with E-state index in [2.05, 4.69) is 23.2 Å². The lowest BCUT2D eigenvalue weighted by Gasteiger charge is -2.65. The Kier molecular flexibility index (Phi) is 4.13. The van der Waals surface area contributed by atoms with E-state index in [0.29, 0.717) is 23.4 Å². The molecule has 5 heteroatoms. The molecule has 31 heavy (non-hydrogen) atoms. The van der Waals surface area contributed by atoms with Crippen LogP contribution in [0.25, 0.3) is 0 Å². The number of carbonyl (C=O) groups excluding carboxylic acids is 2. The van der Waals surface area contributed by atoms with Crippen LogP contribution in [0.5, 0.6) is 0 Å². The summed E-state index contributed by atoms with van der Waals surface area (Å²) < 4.78 is 0. The van der Waals surface area contributed by atoms with Gasteiger partial charge in [-0.3, -0.25) is 4.79 Å². The van der Waals surface area contributed by atoms with E-state index in [0.717, 1.165) is 36.9 Å². The number of anilines is 1. The molecule has 5 aliphatic rings. The van der Waals surface area contributed by atoms with Gasteiger partial charge in [0.15, 0.2) is 0 Å². The van der Waals surface area contributed by atoms with Crippen molar-refractivity contribution in [1.82, 2.24) is 9.80 Å². The van der Waals surface area contributed by atoms with Crippen LogP contribution in [0, 0.1) is 28.6 Å². The summed E-state index contributed by atoms with van der Waals surface area (Å²) in [5.41, 5.74) is 1.30. The lowest BCUT2D eigenvalue weighted by atomic mass is 9.46. The molecule has 4 fully saturated rings. The zero-order valence-electron chi connectivity index (χ0n) is 18.6. The van der Waals surface area contributed by atoms with Gasteiger partial charge in [0.05, 0.1) is 0 Å². The summed E-state index contributed by atoms with van der Waals surface area (Å²) in [6.07, 6.45) is 11.3. The average Bonchev–Trinajstić information content (AvgIpc) is 3.04. The zero-order chi connectivity index (χ0) is 21.4. The first kappa shape index (κ1) is 19.4. The highest BCUT2D eigenvalue weighted by Gasteiger charge is 2.67. The number of rotatable bonds is 1. The maximum atomic E-state index is 13.0. The number of nitrogens with zero attached hydrogens (tertiary/aromatic N) is 2. The van der Waals surface area contributed by atoms with Crippen LogP contribution >= 0.6 is 0 Å². The fourth-order valence-electron chi connectivity index (χ4n) is 8.53. The molecule has 5 nitrogen and oxygen atoms in total. The van der Waals surface area contributed by atoms with Crippen LogP contribution < -0.4 is 5.32 Å². The minimum Gasteiger partial charge on any atom is -0.338 e. The van der Waals surface area contributed by atoms with Gasteiger partial charge in [-0.25, -0.2) is 4.79 Å². The van der Waals surface area contributed by atoms with Crippen molar-refractivity contribution in [3.8, 4) is 0 Å². The maximum absolute atomic E-state index is 13.0. The molecule has 3 saturated carbocycles. The molecule has 0 aromatic heterocycles. The van der Waals surface area contributed by atoms with Gasteiger partial charge in [0.25, 0.3) is 0 Å². The summed E-state index contributed by atoms with van der Waals surface area (Å²) in [4.78, 5) is 29.3. The van der Waals surface area contributed by atoms with E-state index in [-0.39, 0.29) is 17.4 Å². The largest absolute Gasteiger partial charge is 0.338 e. The number of carbonyl (C=O) groups is 2. The summed E-state index contributed by atoms with van der Waals surface area (Å²) in [6.45, 7) is 3.32. The molecular formula is C26H33N3O2. The molecule has 2 aliphatic heterocycles. The molecule has 1 aromatic rings. The molecule has 1 saturated heterocycles. The number of likely N-dealkylation sites (N-methyl/N-ethyl adjacent to an activating group) is 1. The minimum absolute atomic E-state index is 0.0654. The van der Waals surface area contributed by atoms with E-state index in [1.165, 1.54) is 25.7 Å². The second-order valence-corrected chi connectivity index (χ2v) is 10.9. The average molecular weight is 420 g/mol. The summed E-state index contributed by atoms with van der Waals surface area (Å²) >= 11 is 0. The van der Waals surface area contributed by atoms with Gasteiger partial charge in [0.2, 0.25) is 5.91 Å². The van der Waals surface area contributed by atoms with Crippen LogP contribution in [0.2, 0.25) is 0 Å². The number of nitrogens with one attached hydrogen (secondary N) is 1. The van der Waals surface area contributed by atoms with Crippen molar-refractivity contribution in [3.63, 3.8) is 0 Å². The Balaban J connectivity index is 1.21. The van der Waals surface area contributed by atoms with Crippen LogP contribution in [0.15, 0.2) is 42.5 Å². The first-order chi connectivity index (χ1) is 14.9. The minimum atomic E-state index is 0.0654. The molecule has 6 rings (SSSR count). The van der Waals surface area contributed by atoms with Gasteiger partial charge in [-0.1, -0.05) is 31.2 Å². The van der Waals surface area contributed by atoms with E-state index < -0.39 is 0 Å². The van der Waals surface area contributed by atoms with E-state index in [9.17, 15) is 9.59 Å². The molecule has 0 bridgehead atoms.